The van der Waals surface area contributed by atoms with Crippen LogP contribution in [0, 0.1) is 6.92 Å². The molecule has 0 aliphatic carbocycles. The van der Waals surface area contributed by atoms with Crippen LogP contribution in [0.1, 0.15) is 5.56 Å². The van der Waals surface area contributed by atoms with Gasteiger partial charge in [-0.3, -0.25) is 4.98 Å². The SMILES string of the molecule is Cc1cncc(SS)c1. The second kappa shape index (κ2) is 3.13. The van der Waals surface area contributed by atoms with E-state index >= 15 is 0 Å². The Morgan fingerprint density at radius 3 is 2.78 bits per heavy atom. The summed E-state index contributed by atoms with van der Waals surface area (Å²) in [4.78, 5) is 5.08. The molecule has 0 fully saturated rings. The number of hydrogen-bond donors (Lipinski definition) is 1. The molecule has 0 N–H and O–H groups in total. The zero-order valence-electron chi connectivity index (χ0n) is 5.03. The van der Waals surface area contributed by atoms with Gasteiger partial charge in [0.05, 0.1) is 0 Å². The molecule has 0 atom stereocenters. The highest BCUT2D eigenvalue weighted by Gasteiger charge is 1.88. The van der Waals surface area contributed by atoms with E-state index in [9.17, 15) is 0 Å². The van der Waals surface area contributed by atoms with Crippen LogP contribution in [0.3, 0.4) is 0 Å². The van der Waals surface area contributed by atoms with Gasteiger partial charge in [0.25, 0.3) is 0 Å². The standard InChI is InChI=1S/C6H7NS2/c1-5-2-6(9-8)4-7-3-5/h2-4,8H,1H3. The second-order valence-electron chi connectivity index (χ2n) is 1.79. The van der Waals surface area contributed by atoms with Crippen molar-refractivity contribution in [3.8, 4) is 0 Å². The fraction of sp³-hybridized carbons (Fsp3) is 0.167. The molecule has 1 heterocycles. The molecule has 1 aromatic heterocycles. The fourth-order valence-corrected chi connectivity index (χ4v) is 1.22. The van der Waals surface area contributed by atoms with Gasteiger partial charge in [0.1, 0.15) is 0 Å². The largest absolute Gasteiger partial charge is 0.263 e. The van der Waals surface area contributed by atoms with Gasteiger partial charge in [-0.1, -0.05) is 10.8 Å². The molecule has 1 nitrogen and oxygen atoms in total. The summed E-state index contributed by atoms with van der Waals surface area (Å²) in [5.74, 6) is 0. The van der Waals surface area contributed by atoms with Gasteiger partial charge in [-0.2, -0.15) is 0 Å². The molecule has 0 amide bonds. The molecular weight excluding hydrogens is 150 g/mol. The Morgan fingerprint density at radius 2 is 2.33 bits per heavy atom. The van der Waals surface area contributed by atoms with Gasteiger partial charge in [-0.25, -0.2) is 0 Å². The van der Waals surface area contributed by atoms with Crippen molar-refractivity contribution in [1.82, 2.24) is 4.98 Å². The first kappa shape index (κ1) is 6.96. The van der Waals surface area contributed by atoms with Crippen LogP contribution in [0.25, 0.3) is 0 Å². The number of aryl methyl sites for hydroxylation is 1. The normalized spacial score (nSPS) is 9.56. The molecule has 3 heteroatoms. The Bertz CT molecular complexity index is 200. The lowest BCUT2D eigenvalue weighted by Gasteiger charge is -1.93. The molecule has 1 rings (SSSR count). The number of thiol groups is 1. The van der Waals surface area contributed by atoms with Gasteiger partial charge in [0, 0.05) is 17.3 Å². The van der Waals surface area contributed by atoms with Gasteiger partial charge in [-0.15, -0.1) is 11.7 Å². The van der Waals surface area contributed by atoms with E-state index in [2.05, 4.69) is 16.6 Å². The quantitative estimate of drug-likeness (QED) is 0.496. The van der Waals surface area contributed by atoms with Crippen LogP contribution < -0.4 is 0 Å². The second-order valence-corrected chi connectivity index (χ2v) is 2.99. The predicted molar refractivity (Wildman–Crippen MR) is 43.8 cm³/mol. The molecule has 0 radical (unpaired) electrons. The number of nitrogens with zero attached hydrogens (tertiary/aromatic N) is 1. The lowest BCUT2D eigenvalue weighted by Crippen LogP contribution is -1.75. The monoisotopic (exact) mass is 157 g/mol. The van der Waals surface area contributed by atoms with E-state index in [1.54, 1.807) is 6.20 Å². The van der Waals surface area contributed by atoms with E-state index in [1.807, 2.05) is 19.2 Å². The molecule has 0 aromatic carbocycles. The van der Waals surface area contributed by atoms with Crippen molar-refractivity contribution in [2.75, 3.05) is 0 Å². The van der Waals surface area contributed by atoms with Gasteiger partial charge in [0.2, 0.25) is 0 Å². The molecule has 0 aliphatic rings. The van der Waals surface area contributed by atoms with Crippen LogP contribution in [0.2, 0.25) is 0 Å². The molecule has 9 heavy (non-hydrogen) atoms. The summed E-state index contributed by atoms with van der Waals surface area (Å²) in [5.41, 5.74) is 1.18. The zero-order valence-corrected chi connectivity index (χ0v) is 6.75. The molecule has 0 bridgehead atoms. The minimum Gasteiger partial charge on any atom is -0.263 e. The van der Waals surface area contributed by atoms with Crippen molar-refractivity contribution >= 4 is 22.5 Å². The maximum atomic E-state index is 4.03. The summed E-state index contributed by atoms with van der Waals surface area (Å²) in [6.07, 6.45) is 3.62. The van der Waals surface area contributed by atoms with Crippen LogP contribution in [-0.4, -0.2) is 4.98 Å². The third-order valence-corrected chi connectivity index (χ3v) is 2.02. The number of rotatable bonds is 1. The Labute approximate surface area is 63.7 Å². The van der Waals surface area contributed by atoms with Crippen molar-refractivity contribution in [3.05, 3.63) is 24.0 Å². The molecule has 0 saturated carbocycles. The summed E-state index contributed by atoms with van der Waals surface area (Å²) in [6.45, 7) is 2.01. The highest BCUT2D eigenvalue weighted by atomic mass is 33.1. The Hall–Kier alpha value is -0.150. The molecule has 0 unspecified atom stereocenters. The fourth-order valence-electron chi connectivity index (χ4n) is 0.577. The van der Waals surface area contributed by atoms with E-state index in [0.717, 1.165) is 4.90 Å². The lowest BCUT2D eigenvalue weighted by atomic mass is 10.3. The summed E-state index contributed by atoms with van der Waals surface area (Å²) in [5, 5.41) is 0. The van der Waals surface area contributed by atoms with Crippen LogP contribution in [0.4, 0.5) is 0 Å². The van der Waals surface area contributed by atoms with E-state index < -0.39 is 0 Å². The van der Waals surface area contributed by atoms with Crippen LogP contribution in [0.15, 0.2) is 23.4 Å². The van der Waals surface area contributed by atoms with Gasteiger partial charge in [0.15, 0.2) is 0 Å². The van der Waals surface area contributed by atoms with E-state index in [0.29, 0.717) is 0 Å². The topological polar surface area (TPSA) is 12.9 Å². The van der Waals surface area contributed by atoms with Crippen molar-refractivity contribution in [3.63, 3.8) is 0 Å². The average molecular weight is 157 g/mol. The van der Waals surface area contributed by atoms with Gasteiger partial charge < -0.3 is 0 Å². The molecule has 0 spiro atoms. The summed E-state index contributed by atoms with van der Waals surface area (Å²) >= 11 is 4.03. The van der Waals surface area contributed by atoms with E-state index in [4.69, 9.17) is 0 Å². The smallest absolute Gasteiger partial charge is 0.0412 e. The predicted octanol–water partition coefficient (Wildman–Crippen LogP) is 2.33. The summed E-state index contributed by atoms with van der Waals surface area (Å²) < 4.78 is 0. The van der Waals surface area contributed by atoms with Gasteiger partial charge in [-0.05, 0) is 18.6 Å². The minimum absolute atomic E-state index is 1.10. The third-order valence-electron chi connectivity index (χ3n) is 0.955. The van der Waals surface area contributed by atoms with Crippen LogP contribution in [0.5, 0.6) is 0 Å². The third kappa shape index (κ3) is 1.91. The highest BCUT2D eigenvalue weighted by Crippen LogP contribution is 2.20. The first-order valence-electron chi connectivity index (χ1n) is 2.56. The van der Waals surface area contributed by atoms with Crippen LogP contribution >= 0.6 is 22.5 Å². The van der Waals surface area contributed by atoms with Crippen molar-refractivity contribution in [2.45, 2.75) is 11.8 Å². The maximum Gasteiger partial charge on any atom is 0.0412 e. The van der Waals surface area contributed by atoms with Gasteiger partial charge >= 0.3 is 0 Å². The molecule has 1 aromatic rings. The van der Waals surface area contributed by atoms with Crippen molar-refractivity contribution in [2.24, 2.45) is 0 Å². The van der Waals surface area contributed by atoms with Crippen LogP contribution in [-0.2, 0) is 0 Å². The zero-order chi connectivity index (χ0) is 6.69. The van der Waals surface area contributed by atoms with Crippen molar-refractivity contribution < 1.29 is 0 Å². The summed E-state index contributed by atoms with van der Waals surface area (Å²) in [6, 6.07) is 2.05. The highest BCUT2D eigenvalue weighted by molar-refractivity contribution is 8.68. The van der Waals surface area contributed by atoms with E-state index in [-0.39, 0.29) is 0 Å². The van der Waals surface area contributed by atoms with E-state index in [1.165, 1.54) is 16.4 Å². The van der Waals surface area contributed by atoms with Crippen molar-refractivity contribution in [1.29, 1.82) is 0 Å². The average Bonchev–Trinajstić information content (AvgIpc) is 1.88. The Balaban J connectivity index is 2.94. The lowest BCUT2D eigenvalue weighted by molar-refractivity contribution is 1.19. The number of hydrogen-bond acceptors (Lipinski definition) is 3. The summed E-state index contributed by atoms with van der Waals surface area (Å²) in [7, 11) is 1.41. The first-order chi connectivity index (χ1) is 4.33. The molecule has 0 aliphatic heterocycles. The number of pyridine rings is 1. The number of aromatic nitrogens is 1. The molecular formula is C6H7NS2. The molecule has 48 valence electrons. The Kier molecular flexibility index (Phi) is 2.42. The molecule has 0 saturated heterocycles. The Morgan fingerprint density at radius 1 is 1.56 bits per heavy atom. The maximum absolute atomic E-state index is 4.03. The first-order valence-corrected chi connectivity index (χ1v) is 4.43. The minimum atomic E-state index is 1.10.